The first-order valence-electron chi connectivity index (χ1n) is 6.00. The quantitative estimate of drug-likeness (QED) is 0.830. The van der Waals surface area contributed by atoms with Gasteiger partial charge in [0.15, 0.2) is 0 Å². The lowest BCUT2D eigenvalue weighted by Crippen LogP contribution is -2.27. The molecule has 0 fully saturated rings. The van der Waals surface area contributed by atoms with Gasteiger partial charge in [-0.1, -0.05) is 25.1 Å². The van der Waals surface area contributed by atoms with Crippen LogP contribution in [0.25, 0.3) is 11.0 Å². The van der Waals surface area contributed by atoms with Gasteiger partial charge in [-0.05, 0) is 25.5 Å². The van der Waals surface area contributed by atoms with Crippen molar-refractivity contribution in [3.8, 4) is 0 Å². The molecule has 2 rings (SSSR count). The third-order valence-corrected chi connectivity index (χ3v) is 2.95. The maximum Gasteiger partial charge on any atom is 0.134 e. The first kappa shape index (κ1) is 11.2. The average Bonchev–Trinajstić information content (AvgIpc) is 2.71. The molecule has 1 atom stereocenters. The second-order valence-corrected chi connectivity index (χ2v) is 4.26. The van der Waals surface area contributed by atoms with Crippen LogP contribution in [0.5, 0.6) is 0 Å². The molecule has 0 bridgehead atoms. The molecule has 1 unspecified atom stereocenters. The fourth-order valence-electron chi connectivity index (χ4n) is 1.75. The van der Waals surface area contributed by atoms with Gasteiger partial charge in [-0.25, -0.2) is 0 Å². The van der Waals surface area contributed by atoms with Crippen LogP contribution in [-0.4, -0.2) is 12.6 Å². The van der Waals surface area contributed by atoms with E-state index in [0.717, 1.165) is 24.3 Å². The fourth-order valence-corrected chi connectivity index (χ4v) is 1.75. The van der Waals surface area contributed by atoms with Gasteiger partial charge in [-0.2, -0.15) is 0 Å². The number of nitrogens with one attached hydrogen (secondary N) is 1. The normalized spacial score (nSPS) is 13.1. The summed E-state index contributed by atoms with van der Waals surface area (Å²) in [4.78, 5) is 0. The largest absolute Gasteiger partial charge is 0.461 e. The molecule has 1 aromatic carbocycles. The van der Waals surface area contributed by atoms with Crippen molar-refractivity contribution in [2.75, 3.05) is 6.54 Å². The zero-order chi connectivity index (χ0) is 11.4. The fraction of sp³-hybridized carbons (Fsp3) is 0.429. The molecule has 2 aromatic rings. The number of benzene rings is 1. The minimum absolute atomic E-state index is 0.587. The lowest BCUT2D eigenvalue weighted by atomic mass is 10.2. The van der Waals surface area contributed by atoms with Gasteiger partial charge in [0.05, 0.1) is 0 Å². The molecule has 0 aliphatic heterocycles. The van der Waals surface area contributed by atoms with Crippen LogP contribution in [0.4, 0.5) is 0 Å². The van der Waals surface area contributed by atoms with E-state index in [1.165, 1.54) is 11.8 Å². The van der Waals surface area contributed by atoms with Gasteiger partial charge in [-0.3, -0.25) is 0 Å². The Labute approximate surface area is 96.6 Å². The molecule has 1 N–H and O–H groups in total. The lowest BCUT2D eigenvalue weighted by molar-refractivity contribution is 0.496. The van der Waals surface area contributed by atoms with Crippen LogP contribution in [0, 0.1) is 0 Å². The Morgan fingerprint density at radius 1 is 1.31 bits per heavy atom. The molecule has 1 heterocycles. The summed E-state index contributed by atoms with van der Waals surface area (Å²) in [7, 11) is 0. The van der Waals surface area contributed by atoms with Gasteiger partial charge in [0.1, 0.15) is 11.3 Å². The molecule has 16 heavy (non-hydrogen) atoms. The maximum atomic E-state index is 5.74. The molecule has 0 amide bonds. The summed E-state index contributed by atoms with van der Waals surface area (Å²) in [6.45, 7) is 5.38. The third-order valence-electron chi connectivity index (χ3n) is 2.95. The van der Waals surface area contributed by atoms with E-state index in [1.807, 2.05) is 18.2 Å². The molecule has 0 aliphatic carbocycles. The topological polar surface area (TPSA) is 25.2 Å². The predicted molar refractivity (Wildman–Crippen MR) is 67.7 cm³/mol. The molecular formula is C14H19NO. The summed E-state index contributed by atoms with van der Waals surface area (Å²) in [5.74, 6) is 1.07. The number of hydrogen-bond donors (Lipinski definition) is 1. The van der Waals surface area contributed by atoms with Crippen LogP contribution in [0.2, 0.25) is 0 Å². The van der Waals surface area contributed by atoms with E-state index in [4.69, 9.17) is 4.42 Å². The molecule has 0 saturated heterocycles. The maximum absolute atomic E-state index is 5.74. The molecule has 0 saturated carbocycles. The van der Waals surface area contributed by atoms with Gasteiger partial charge in [-0.15, -0.1) is 0 Å². The molecule has 86 valence electrons. The van der Waals surface area contributed by atoms with E-state index in [0.29, 0.717) is 6.04 Å². The van der Waals surface area contributed by atoms with Crippen molar-refractivity contribution in [1.29, 1.82) is 0 Å². The number of para-hydroxylation sites is 1. The van der Waals surface area contributed by atoms with Crippen molar-refractivity contribution >= 4 is 11.0 Å². The predicted octanol–water partition coefficient (Wildman–Crippen LogP) is 3.36. The Kier molecular flexibility index (Phi) is 3.62. The number of rotatable bonds is 5. The zero-order valence-corrected chi connectivity index (χ0v) is 9.99. The molecule has 0 radical (unpaired) electrons. The van der Waals surface area contributed by atoms with E-state index in [-0.39, 0.29) is 0 Å². The van der Waals surface area contributed by atoms with E-state index in [9.17, 15) is 0 Å². The van der Waals surface area contributed by atoms with Crippen molar-refractivity contribution < 1.29 is 4.42 Å². The van der Waals surface area contributed by atoms with Crippen LogP contribution in [0.15, 0.2) is 34.7 Å². The van der Waals surface area contributed by atoms with E-state index >= 15 is 0 Å². The molecule has 0 spiro atoms. The number of hydrogen-bond acceptors (Lipinski definition) is 2. The monoisotopic (exact) mass is 217 g/mol. The summed E-state index contributed by atoms with van der Waals surface area (Å²) in [6, 6.07) is 10.9. The van der Waals surface area contributed by atoms with Crippen molar-refractivity contribution in [3.63, 3.8) is 0 Å². The minimum Gasteiger partial charge on any atom is -0.461 e. The highest BCUT2D eigenvalue weighted by molar-refractivity contribution is 5.77. The van der Waals surface area contributed by atoms with Crippen molar-refractivity contribution in [3.05, 3.63) is 36.1 Å². The van der Waals surface area contributed by atoms with Crippen molar-refractivity contribution in [2.45, 2.75) is 32.7 Å². The van der Waals surface area contributed by atoms with E-state index in [1.54, 1.807) is 0 Å². The first-order chi connectivity index (χ1) is 7.79. The summed E-state index contributed by atoms with van der Waals surface area (Å²) in [5, 5.41) is 4.66. The highest BCUT2D eigenvalue weighted by Gasteiger charge is 2.03. The Morgan fingerprint density at radius 2 is 2.12 bits per heavy atom. The van der Waals surface area contributed by atoms with E-state index in [2.05, 4.69) is 31.3 Å². The highest BCUT2D eigenvalue weighted by atomic mass is 16.3. The highest BCUT2D eigenvalue weighted by Crippen LogP contribution is 2.18. The van der Waals surface area contributed by atoms with Gasteiger partial charge < -0.3 is 9.73 Å². The van der Waals surface area contributed by atoms with Gasteiger partial charge in [0.2, 0.25) is 0 Å². The lowest BCUT2D eigenvalue weighted by Gasteiger charge is -2.09. The van der Waals surface area contributed by atoms with Crippen molar-refractivity contribution in [1.82, 2.24) is 5.32 Å². The van der Waals surface area contributed by atoms with Gasteiger partial charge in [0, 0.05) is 24.4 Å². The van der Waals surface area contributed by atoms with Gasteiger partial charge >= 0.3 is 0 Å². The zero-order valence-electron chi connectivity index (χ0n) is 9.99. The smallest absolute Gasteiger partial charge is 0.134 e. The standard InChI is InChI=1S/C14H19NO/c1-3-11(2)15-9-8-13-10-12-6-4-5-7-14(12)16-13/h4-7,10-11,15H,3,8-9H2,1-2H3. The SMILES string of the molecule is CCC(C)NCCc1cc2ccccc2o1. The third kappa shape index (κ3) is 2.64. The second-order valence-electron chi connectivity index (χ2n) is 4.26. The summed E-state index contributed by atoms with van der Waals surface area (Å²) < 4.78 is 5.74. The Hall–Kier alpha value is -1.28. The van der Waals surface area contributed by atoms with Crippen LogP contribution in [0.3, 0.4) is 0 Å². The molecule has 2 nitrogen and oxygen atoms in total. The van der Waals surface area contributed by atoms with Gasteiger partial charge in [0.25, 0.3) is 0 Å². The Balaban J connectivity index is 1.94. The molecular weight excluding hydrogens is 198 g/mol. The Bertz CT molecular complexity index is 414. The number of furan rings is 1. The first-order valence-corrected chi connectivity index (χ1v) is 6.00. The minimum atomic E-state index is 0.587. The average molecular weight is 217 g/mol. The van der Waals surface area contributed by atoms with E-state index < -0.39 is 0 Å². The summed E-state index contributed by atoms with van der Waals surface area (Å²) >= 11 is 0. The van der Waals surface area contributed by atoms with Crippen molar-refractivity contribution in [2.24, 2.45) is 0 Å². The van der Waals surface area contributed by atoms with Crippen LogP contribution in [0.1, 0.15) is 26.0 Å². The van der Waals surface area contributed by atoms with Crippen LogP contribution in [-0.2, 0) is 6.42 Å². The molecule has 0 aliphatic rings. The molecule has 1 aromatic heterocycles. The van der Waals surface area contributed by atoms with Crippen LogP contribution >= 0.6 is 0 Å². The van der Waals surface area contributed by atoms with Crippen LogP contribution < -0.4 is 5.32 Å². The summed E-state index contributed by atoms with van der Waals surface area (Å²) in [5.41, 5.74) is 0.987. The summed E-state index contributed by atoms with van der Waals surface area (Å²) in [6.07, 6.45) is 2.12. The number of fused-ring (bicyclic) bond motifs is 1. The Morgan fingerprint density at radius 3 is 2.88 bits per heavy atom. The molecule has 2 heteroatoms. The second kappa shape index (κ2) is 5.17.